The van der Waals surface area contributed by atoms with Crippen LogP contribution in [0.1, 0.15) is 94.7 Å². The zero-order valence-corrected chi connectivity index (χ0v) is 28.3. The Morgan fingerprint density at radius 1 is 1.02 bits per heavy atom. The summed E-state index contributed by atoms with van der Waals surface area (Å²) >= 11 is 0. The third kappa shape index (κ3) is 8.84. The molecule has 4 rings (SSSR count). The predicted molar refractivity (Wildman–Crippen MR) is 177 cm³/mol. The molecule has 1 fully saturated rings. The van der Waals surface area contributed by atoms with Crippen LogP contribution in [0.25, 0.3) is 11.1 Å². The number of carbonyl (C=O) groups is 2. The molecule has 0 spiro atoms. The van der Waals surface area contributed by atoms with Crippen molar-refractivity contribution >= 4 is 17.6 Å². The summed E-state index contributed by atoms with van der Waals surface area (Å²) in [5.74, 6) is -1.39. The Balaban J connectivity index is 1.83. The number of halogens is 1. The number of aromatic carboxylic acids is 1. The van der Waals surface area contributed by atoms with Crippen LogP contribution >= 0.6 is 0 Å². The molecule has 1 aliphatic rings. The number of benzene rings is 2. The minimum Gasteiger partial charge on any atom is -0.493 e. The summed E-state index contributed by atoms with van der Waals surface area (Å²) in [4.78, 5) is 33.3. The van der Waals surface area contributed by atoms with Crippen LogP contribution in [0.5, 0.6) is 5.75 Å². The second-order valence-electron chi connectivity index (χ2n) is 14.0. The lowest BCUT2D eigenvalue weighted by Crippen LogP contribution is -2.40. The zero-order chi connectivity index (χ0) is 33.8. The van der Waals surface area contributed by atoms with E-state index in [9.17, 15) is 19.1 Å². The van der Waals surface area contributed by atoms with Crippen LogP contribution in [0.2, 0.25) is 0 Å². The highest BCUT2D eigenvalue weighted by Gasteiger charge is 2.38. The standard InChI is InChI=1S/C37H47FN2O6/c1-23(2)45-35(43)33(46-36(4,5)6)29-24(3)39-31(34(41)42)30(32(29)40-20-18-37(7,8)19-21-40)26-11-15-28(16-12-26)44-22-17-25-9-13-27(38)14-10-25/h9-16,23,33H,17-22H2,1-8H3,(H,41,42)/t33-/m0/s1. The number of nitrogens with zero attached hydrogens (tertiary/aromatic N) is 2. The fourth-order valence-electron chi connectivity index (χ4n) is 5.64. The number of hydrogen-bond acceptors (Lipinski definition) is 7. The van der Waals surface area contributed by atoms with Gasteiger partial charge in [0.15, 0.2) is 11.8 Å². The third-order valence-electron chi connectivity index (χ3n) is 8.05. The minimum atomic E-state index is -1.17. The van der Waals surface area contributed by atoms with Crippen LogP contribution < -0.4 is 9.64 Å². The number of carboxylic acid groups (broad SMARTS) is 1. The van der Waals surface area contributed by atoms with Crippen molar-refractivity contribution in [3.63, 3.8) is 0 Å². The number of piperidine rings is 1. The van der Waals surface area contributed by atoms with E-state index in [-0.39, 0.29) is 23.0 Å². The van der Waals surface area contributed by atoms with Gasteiger partial charge in [0.2, 0.25) is 0 Å². The summed E-state index contributed by atoms with van der Waals surface area (Å²) < 4.78 is 31.3. The lowest BCUT2D eigenvalue weighted by Gasteiger charge is -2.41. The van der Waals surface area contributed by atoms with Crippen molar-refractivity contribution in [3.05, 3.63) is 76.9 Å². The second-order valence-corrected chi connectivity index (χ2v) is 14.0. The first-order valence-corrected chi connectivity index (χ1v) is 15.9. The molecule has 0 radical (unpaired) electrons. The lowest BCUT2D eigenvalue weighted by atomic mass is 9.81. The summed E-state index contributed by atoms with van der Waals surface area (Å²) in [5.41, 5.74) is 2.86. The van der Waals surface area contributed by atoms with Crippen molar-refractivity contribution in [3.8, 4) is 16.9 Å². The molecule has 2 heterocycles. The van der Waals surface area contributed by atoms with E-state index in [1.807, 2.05) is 32.9 Å². The SMILES string of the molecule is Cc1nc(C(=O)O)c(-c2ccc(OCCc3ccc(F)cc3)cc2)c(N2CCC(C)(C)CC2)c1[C@H](OC(C)(C)C)C(=O)OC(C)C. The molecule has 0 amide bonds. The van der Waals surface area contributed by atoms with Gasteiger partial charge in [-0.05, 0) is 95.2 Å². The zero-order valence-electron chi connectivity index (χ0n) is 28.3. The first kappa shape index (κ1) is 34.9. The van der Waals surface area contributed by atoms with Gasteiger partial charge < -0.3 is 24.2 Å². The Bertz CT molecular complexity index is 1520. The van der Waals surface area contributed by atoms with E-state index in [0.29, 0.717) is 59.9 Å². The number of rotatable bonds is 11. The third-order valence-corrected chi connectivity index (χ3v) is 8.05. The lowest BCUT2D eigenvalue weighted by molar-refractivity contribution is -0.171. The van der Waals surface area contributed by atoms with Gasteiger partial charge in [-0.2, -0.15) is 0 Å². The molecule has 2 aromatic carbocycles. The molecule has 0 unspecified atom stereocenters. The Labute approximate surface area is 271 Å². The van der Waals surface area contributed by atoms with Gasteiger partial charge in [-0.3, -0.25) is 0 Å². The first-order valence-electron chi connectivity index (χ1n) is 15.9. The molecule has 9 heteroatoms. The van der Waals surface area contributed by atoms with Crippen LogP contribution in [-0.4, -0.2) is 53.4 Å². The van der Waals surface area contributed by atoms with E-state index in [1.54, 1.807) is 45.0 Å². The van der Waals surface area contributed by atoms with Crippen molar-refractivity contribution in [2.75, 3.05) is 24.6 Å². The number of aryl methyl sites for hydroxylation is 1. The van der Waals surface area contributed by atoms with Crippen LogP contribution in [0.15, 0.2) is 48.5 Å². The summed E-state index contributed by atoms with van der Waals surface area (Å²) in [6.45, 7) is 17.1. The molecule has 1 atom stereocenters. The molecule has 0 bridgehead atoms. The number of carboxylic acids is 1. The van der Waals surface area contributed by atoms with Gasteiger partial charge in [0.05, 0.1) is 24.0 Å². The monoisotopic (exact) mass is 634 g/mol. The average molecular weight is 635 g/mol. The molecule has 8 nitrogen and oxygen atoms in total. The number of aromatic nitrogens is 1. The maximum absolute atomic E-state index is 13.7. The van der Waals surface area contributed by atoms with Crippen molar-refractivity contribution in [2.24, 2.45) is 5.41 Å². The number of hydrogen-bond donors (Lipinski definition) is 1. The fraction of sp³-hybridized carbons (Fsp3) is 0.486. The van der Waals surface area contributed by atoms with Crippen LogP contribution in [0.4, 0.5) is 10.1 Å². The van der Waals surface area contributed by atoms with Crippen LogP contribution in [0, 0.1) is 18.2 Å². The van der Waals surface area contributed by atoms with Crippen molar-refractivity contribution in [1.29, 1.82) is 0 Å². The Morgan fingerprint density at radius 2 is 1.63 bits per heavy atom. The van der Waals surface area contributed by atoms with E-state index in [0.717, 1.165) is 18.4 Å². The summed E-state index contributed by atoms with van der Waals surface area (Å²) in [6, 6.07) is 13.5. The highest BCUT2D eigenvalue weighted by atomic mass is 19.1. The molecular formula is C37H47FN2O6. The maximum Gasteiger partial charge on any atom is 0.355 e. The molecule has 46 heavy (non-hydrogen) atoms. The molecular weight excluding hydrogens is 587 g/mol. The van der Waals surface area contributed by atoms with Gasteiger partial charge in [-0.25, -0.2) is 19.0 Å². The molecule has 3 aromatic rings. The number of anilines is 1. The van der Waals surface area contributed by atoms with Crippen LogP contribution in [-0.2, 0) is 20.7 Å². The second kappa shape index (κ2) is 14.2. The van der Waals surface area contributed by atoms with Gasteiger partial charge in [-0.1, -0.05) is 38.1 Å². The molecule has 0 saturated carbocycles. The summed E-state index contributed by atoms with van der Waals surface area (Å²) in [7, 11) is 0. The first-order chi connectivity index (χ1) is 21.5. The molecule has 1 aliphatic heterocycles. The molecule has 1 aromatic heterocycles. The number of esters is 1. The smallest absolute Gasteiger partial charge is 0.355 e. The normalized spacial score (nSPS) is 15.5. The largest absolute Gasteiger partial charge is 0.493 e. The Hall–Kier alpha value is -3.98. The predicted octanol–water partition coefficient (Wildman–Crippen LogP) is 7.95. The number of pyridine rings is 1. The summed E-state index contributed by atoms with van der Waals surface area (Å²) in [5, 5.41) is 10.4. The Kier molecular flexibility index (Phi) is 10.8. The molecule has 1 saturated heterocycles. The molecule has 0 aliphatic carbocycles. The van der Waals surface area contributed by atoms with E-state index >= 15 is 0 Å². The fourth-order valence-corrected chi connectivity index (χ4v) is 5.64. The van der Waals surface area contributed by atoms with Crippen molar-refractivity contribution in [1.82, 2.24) is 4.98 Å². The van der Waals surface area contributed by atoms with Gasteiger partial charge >= 0.3 is 11.9 Å². The average Bonchev–Trinajstić information content (AvgIpc) is 2.96. The van der Waals surface area contributed by atoms with Crippen molar-refractivity contribution in [2.45, 2.75) is 92.5 Å². The highest BCUT2D eigenvalue weighted by Crippen LogP contribution is 2.45. The number of carbonyl (C=O) groups excluding carboxylic acids is 1. The van der Waals surface area contributed by atoms with Gasteiger partial charge in [0, 0.05) is 36.3 Å². The van der Waals surface area contributed by atoms with Gasteiger partial charge in [0.1, 0.15) is 11.6 Å². The Morgan fingerprint density at radius 3 is 2.17 bits per heavy atom. The van der Waals surface area contributed by atoms with Crippen molar-refractivity contribution < 1.29 is 33.3 Å². The molecule has 1 N–H and O–H groups in total. The van der Waals surface area contributed by atoms with E-state index in [4.69, 9.17) is 14.2 Å². The highest BCUT2D eigenvalue weighted by molar-refractivity contribution is 6.00. The van der Waals surface area contributed by atoms with E-state index in [2.05, 4.69) is 23.7 Å². The molecule has 248 valence electrons. The topological polar surface area (TPSA) is 98.2 Å². The number of ether oxygens (including phenoxy) is 3. The maximum atomic E-state index is 13.7. The quantitative estimate of drug-likeness (QED) is 0.212. The van der Waals surface area contributed by atoms with Gasteiger partial charge in [0.25, 0.3) is 0 Å². The minimum absolute atomic E-state index is 0.0993. The van der Waals surface area contributed by atoms with E-state index < -0.39 is 23.6 Å². The van der Waals surface area contributed by atoms with Crippen LogP contribution in [0.3, 0.4) is 0 Å². The van der Waals surface area contributed by atoms with Gasteiger partial charge in [-0.15, -0.1) is 0 Å². The van der Waals surface area contributed by atoms with E-state index in [1.165, 1.54) is 12.1 Å². The summed E-state index contributed by atoms with van der Waals surface area (Å²) in [6.07, 6.45) is 0.873.